The highest BCUT2D eigenvalue weighted by Crippen LogP contribution is 2.26. The maximum Gasteiger partial charge on any atom is 0.249 e. The van der Waals surface area contributed by atoms with Crippen molar-refractivity contribution < 1.29 is 14.7 Å². The van der Waals surface area contributed by atoms with E-state index in [9.17, 15) is 14.7 Å². The molecule has 0 unspecified atom stereocenters. The van der Waals surface area contributed by atoms with Gasteiger partial charge in [0.25, 0.3) is 0 Å². The average Bonchev–Trinajstić information content (AvgIpc) is 2.81. The van der Waals surface area contributed by atoms with Crippen molar-refractivity contribution in [2.45, 2.75) is 25.0 Å². The molecule has 0 saturated carbocycles. The SMILES string of the molecule is Nc1ccc(CNC(=O)[C@@H](CNC(=O)[C@H](O)Cc2ccccc2)c2ccc(Cl)c(Cl)c2)cn1. The Kier molecular flexibility index (Phi) is 8.65. The van der Waals surface area contributed by atoms with Crippen LogP contribution in [0.15, 0.2) is 66.9 Å². The molecule has 9 heteroatoms. The number of rotatable bonds is 9. The minimum absolute atomic E-state index is 0.0333. The molecule has 0 aliphatic rings. The largest absolute Gasteiger partial charge is 0.384 e. The van der Waals surface area contributed by atoms with E-state index in [2.05, 4.69) is 15.6 Å². The second-order valence-corrected chi connectivity index (χ2v) is 8.30. The monoisotopic (exact) mass is 486 g/mol. The maximum absolute atomic E-state index is 13.0. The van der Waals surface area contributed by atoms with Crippen molar-refractivity contribution in [3.05, 3.63) is 93.6 Å². The van der Waals surface area contributed by atoms with Crippen molar-refractivity contribution in [2.24, 2.45) is 0 Å². The van der Waals surface area contributed by atoms with Crippen LogP contribution in [0.4, 0.5) is 5.82 Å². The normalized spacial score (nSPS) is 12.6. The molecule has 0 spiro atoms. The Morgan fingerprint density at radius 3 is 2.36 bits per heavy atom. The smallest absolute Gasteiger partial charge is 0.249 e. The lowest BCUT2D eigenvalue weighted by Gasteiger charge is -2.20. The highest BCUT2D eigenvalue weighted by Gasteiger charge is 2.24. The summed E-state index contributed by atoms with van der Waals surface area (Å²) in [5.74, 6) is -1.27. The fourth-order valence-electron chi connectivity index (χ4n) is 3.19. The van der Waals surface area contributed by atoms with Gasteiger partial charge in [-0.25, -0.2) is 4.98 Å². The van der Waals surface area contributed by atoms with E-state index in [4.69, 9.17) is 28.9 Å². The van der Waals surface area contributed by atoms with Crippen LogP contribution in [0.25, 0.3) is 0 Å². The van der Waals surface area contributed by atoms with Gasteiger partial charge in [-0.05, 0) is 34.9 Å². The van der Waals surface area contributed by atoms with Gasteiger partial charge in [0.15, 0.2) is 0 Å². The summed E-state index contributed by atoms with van der Waals surface area (Å²) >= 11 is 12.2. The molecular formula is C24H24Cl2N4O3. The third-order valence-electron chi connectivity index (χ3n) is 5.03. The summed E-state index contributed by atoms with van der Waals surface area (Å²) < 4.78 is 0. The van der Waals surface area contributed by atoms with Crippen LogP contribution in [-0.2, 0) is 22.6 Å². The Morgan fingerprint density at radius 1 is 0.939 bits per heavy atom. The summed E-state index contributed by atoms with van der Waals surface area (Å²) in [6.45, 7) is 0.197. The number of anilines is 1. The van der Waals surface area contributed by atoms with Gasteiger partial charge in [-0.15, -0.1) is 0 Å². The van der Waals surface area contributed by atoms with Crippen LogP contribution in [0.1, 0.15) is 22.6 Å². The van der Waals surface area contributed by atoms with E-state index in [0.717, 1.165) is 11.1 Å². The number of hydrogen-bond acceptors (Lipinski definition) is 5. The molecule has 0 radical (unpaired) electrons. The van der Waals surface area contributed by atoms with Crippen molar-refractivity contribution in [1.82, 2.24) is 15.6 Å². The Labute approximate surface area is 201 Å². The van der Waals surface area contributed by atoms with Crippen LogP contribution < -0.4 is 16.4 Å². The lowest BCUT2D eigenvalue weighted by Crippen LogP contribution is -2.41. The predicted octanol–water partition coefficient (Wildman–Crippen LogP) is 3.09. The van der Waals surface area contributed by atoms with Crippen LogP contribution in [0, 0.1) is 0 Å². The van der Waals surface area contributed by atoms with Crippen molar-refractivity contribution in [2.75, 3.05) is 12.3 Å². The minimum atomic E-state index is -1.24. The third kappa shape index (κ3) is 7.18. The molecule has 3 aromatic rings. The highest BCUT2D eigenvalue weighted by molar-refractivity contribution is 6.42. The summed E-state index contributed by atoms with van der Waals surface area (Å²) in [6, 6.07) is 17.4. The minimum Gasteiger partial charge on any atom is -0.384 e. The van der Waals surface area contributed by atoms with E-state index < -0.39 is 17.9 Å². The lowest BCUT2D eigenvalue weighted by atomic mass is 9.97. The zero-order chi connectivity index (χ0) is 23.8. The molecule has 0 fully saturated rings. The number of amides is 2. The van der Waals surface area contributed by atoms with Crippen LogP contribution >= 0.6 is 23.2 Å². The number of nitrogens with zero attached hydrogens (tertiary/aromatic N) is 1. The van der Waals surface area contributed by atoms with E-state index in [1.165, 1.54) is 0 Å². The van der Waals surface area contributed by atoms with Gasteiger partial charge in [0.1, 0.15) is 11.9 Å². The molecule has 0 saturated heterocycles. The molecule has 0 bridgehead atoms. The van der Waals surface area contributed by atoms with E-state index >= 15 is 0 Å². The molecule has 1 aromatic heterocycles. The molecular weight excluding hydrogens is 463 g/mol. The number of aliphatic hydroxyl groups is 1. The maximum atomic E-state index is 13.0. The number of pyridine rings is 1. The Morgan fingerprint density at radius 2 is 1.70 bits per heavy atom. The zero-order valence-corrected chi connectivity index (χ0v) is 19.2. The first-order valence-corrected chi connectivity index (χ1v) is 11.0. The third-order valence-corrected chi connectivity index (χ3v) is 5.77. The highest BCUT2D eigenvalue weighted by atomic mass is 35.5. The Hall–Kier alpha value is -3.13. The Bertz CT molecular complexity index is 1090. The molecule has 2 atom stereocenters. The van der Waals surface area contributed by atoms with Crippen LogP contribution in [0.5, 0.6) is 0 Å². The molecule has 2 amide bonds. The molecule has 1 heterocycles. The van der Waals surface area contributed by atoms with Crippen LogP contribution in [0.3, 0.4) is 0 Å². The predicted molar refractivity (Wildman–Crippen MR) is 129 cm³/mol. The first-order valence-electron chi connectivity index (χ1n) is 10.3. The van der Waals surface area contributed by atoms with Gasteiger partial charge in [0, 0.05) is 25.7 Å². The van der Waals surface area contributed by atoms with E-state index in [0.29, 0.717) is 21.4 Å². The number of carbonyl (C=O) groups excluding carboxylic acids is 2. The summed E-state index contributed by atoms with van der Waals surface area (Å²) in [7, 11) is 0. The summed E-state index contributed by atoms with van der Waals surface area (Å²) in [4.78, 5) is 29.5. The fraction of sp³-hybridized carbons (Fsp3) is 0.208. The average molecular weight is 487 g/mol. The number of carbonyl (C=O) groups is 2. The van der Waals surface area contributed by atoms with Gasteiger partial charge in [-0.3, -0.25) is 9.59 Å². The summed E-state index contributed by atoms with van der Waals surface area (Å²) in [5.41, 5.74) is 7.77. The molecule has 33 heavy (non-hydrogen) atoms. The standard InChI is InChI=1S/C24H24Cl2N4O3/c25-19-8-7-17(11-20(19)26)18(23(32)29-13-16-6-9-22(27)28-12-16)14-30-24(33)21(31)10-15-4-2-1-3-5-15/h1-9,11-12,18,21,31H,10,13-14H2,(H2,27,28)(H,29,32)(H,30,33)/t18-,21+/m0/s1. The van der Waals surface area contributed by atoms with Gasteiger partial charge >= 0.3 is 0 Å². The molecule has 5 N–H and O–H groups in total. The number of nitrogens with one attached hydrogen (secondary N) is 2. The number of aromatic nitrogens is 1. The first kappa shape index (κ1) is 24.5. The number of hydrogen-bond donors (Lipinski definition) is 4. The second kappa shape index (κ2) is 11.7. The Balaban J connectivity index is 1.68. The van der Waals surface area contributed by atoms with Crippen molar-refractivity contribution in [3.63, 3.8) is 0 Å². The van der Waals surface area contributed by atoms with E-state index in [1.807, 2.05) is 30.3 Å². The second-order valence-electron chi connectivity index (χ2n) is 7.49. The molecule has 0 aliphatic carbocycles. The van der Waals surface area contributed by atoms with Crippen LogP contribution in [0.2, 0.25) is 10.0 Å². The number of nitrogen functional groups attached to an aromatic ring is 1. The number of benzene rings is 2. The number of nitrogens with two attached hydrogens (primary N) is 1. The van der Waals surface area contributed by atoms with E-state index in [1.54, 1.807) is 36.5 Å². The lowest BCUT2D eigenvalue weighted by molar-refractivity contribution is -0.129. The molecule has 3 rings (SSSR count). The molecule has 0 aliphatic heterocycles. The zero-order valence-electron chi connectivity index (χ0n) is 17.7. The van der Waals surface area contributed by atoms with Crippen LogP contribution in [-0.4, -0.2) is 34.6 Å². The quantitative estimate of drug-likeness (QED) is 0.370. The number of halogens is 2. The van der Waals surface area contributed by atoms with Crippen molar-refractivity contribution >= 4 is 40.8 Å². The summed E-state index contributed by atoms with van der Waals surface area (Å²) in [6.07, 6.45) is 0.497. The van der Waals surface area contributed by atoms with Gasteiger partial charge < -0.3 is 21.5 Å². The number of aliphatic hydroxyl groups excluding tert-OH is 1. The van der Waals surface area contributed by atoms with Gasteiger partial charge in [0.2, 0.25) is 11.8 Å². The fourth-order valence-corrected chi connectivity index (χ4v) is 3.50. The molecule has 2 aromatic carbocycles. The van der Waals surface area contributed by atoms with Gasteiger partial charge in [-0.2, -0.15) is 0 Å². The van der Waals surface area contributed by atoms with E-state index in [-0.39, 0.29) is 25.4 Å². The van der Waals surface area contributed by atoms with Gasteiger partial charge in [0.05, 0.1) is 16.0 Å². The van der Waals surface area contributed by atoms with Gasteiger partial charge in [-0.1, -0.05) is 65.7 Å². The summed E-state index contributed by atoms with van der Waals surface area (Å²) in [5, 5.41) is 16.4. The van der Waals surface area contributed by atoms with Crippen molar-refractivity contribution in [3.8, 4) is 0 Å². The first-order chi connectivity index (χ1) is 15.8. The molecule has 172 valence electrons. The topological polar surface area (TPSA) is 117 Å². The molecule has 7 nitrogen and oxygen atoms in total. The van der Waals surface area contributed by atoms with Crippen molar-refractivity contribution in [1.29, 1.82) is 0 Å².